The Kier molecular flexibility index (Phi) is 7.48. The predicted molar refractivity (Wildman–Crippen MR) is 137 cm³/mol. The third kappa shape index (κ3) is 6.10. The summed E-state index contributed by atoms with van der Waals surface area (Å²) in [7, 11) is -2.64. The van der Waals surface area contributed by atoms with Crippen LogP contribution in [0.25, 0.3) is 22.7 Å². The van der Waals surface area contributed by atoms with Gasteiger partial charge in [-0.2, -0.15) is 13.2 Å². The largest absolute Gasteiger partial charge is 0.452 e. The molecular weight excluding hydrogens is 561 g/mol. The molecule has 4 rings (SSSR count). The Morgan fingerprint density at radius 1 is 1.05 bits per heavy atom. The number of nitrogens with one attached hydrogen (secondary N) is 1. The van der Waals surface area contributed by atoms with Crippen LogP contribution < -0.4 is 5.32 Å². The average Bonchev–Trinajstić information content (AvgIpc) is 3.35. The Balaban J connectivity index is 1.55. The van der Waals surface area contributed by atoms with Crippen LogP contribution in [0.15, 0.2) is 71.3 Å². The van der Waals surface area contributed by atoms with E-state index in [-0.39, 0.29) is 27.7 Å². The average molecular weight is 579 g/mol. The molecule has 0 aliphatic heterocycles. The molecule has 0 saturated heterocycles. The Morgan fingerprint density at radius 3 is 2.31 bits per heavy atom. The van der Waals surface area contributed by atoms with Crippen molar-refractivity contribution >= 4 is 39.1 Å². The minimum atomic E-state index is -4.96. The third-order valence-electron chi connectivity index (χ3n) is 5.42. The van der Waals surface area contributed by atoms with E-state index in [2.05, 4.69) is 15.3 Å². The number of hydrogen-bond donors (Lipinski definition) is 1. The number of benzene rings is 2. The molecule has 0 unspecified atom stereocenters. The van der Waals surface area contributed by atoms with E-state index in [4.69, 9.17) is 16.0 Å². The van der Waals surface area contributed by atoms with Gasteiger partial charge in [0.2, 0.25) is 21.7 Å². The minimum Gasteiger partial charge on any atom is -0.431 e. The van der Waals surface area contributed by atoms with Crippen LogP contribution in [0, 0.1) is 0 Å². The van der Waals surface area contributed by atoms with Crippen molar-refractivity contribution in [2.75, 3.05) is 18.6 Å². The van der Waals surface area contributed by atoms with Gasteiger partial charge in [-0.25, -0.2) is 17.7 Å². The fourth-order valence-electron chi connectivity index (χ4n) is 3.38. The maximum Gasteiger partial charge on any atom is 0.452 e. The van der Waals surface area contributed by atoms with Gasteiger partial charge in [0.05, 0.1) is 28.9 Å². The van der Waals surface area contributed by atoms with E-state index in [9.17, 15) is 31.2 Å². The number of amides is 2. The second kappa shape index (κ2) is 10.5. The monoisotopic (exact) mass is 578 g/mol. The summed E-state index contributed by atoms with van der Waals surface area (Å²) in [6, 6.07) is 14.8. The zero-order valence-electron chi connectivity index (χ0n) is 20.2. The fraction of sp³-hybridized carbons (Fsp3) is 0.120. The van der Waals surface area contributed by atoms with Crippen molar-refractivity contribution in [2.45, 2.75) is 6.18 Å². The summed E-state index contributed by atoms with van der Waals surface area (Å²) in [6.45, 7) is 0. The Labute approximate surface area is 225 Å². The highest BCUT2D eigenvalue weighted by molar-refractivity contribution is 7.88. The molecule has 202 valence electrons. The van der Waals surface area contributed by atoms with Crippen LogP contribution in [-0.4, -0.2) is 47.8 Å². The molecule has 2 aromatic heterocycles. The molecular formula is C25H18ClF3N4O5S. The maximum atomic E-state index is 13.5. The predicted octanol–water partition coefficient (Wildman–Crippen LogP) is 5.36. The van der Waals surface area contributed by atoms with Crippen molar-refractivity contribution in [3.05, 3.63) is 88.9 Å². The smallest absolute Gasteiger partial charge is 0.431 e. The van der Waals surface area contributed by atoms with Gasteiger partial charge in [0.15, 0.2) is 5.69 Å². The minimum absolute atomic E-state index is 0.0310. The molecule has 14 heteroatoms. The molecule has 2 heterocycles. The van der Waals surface area contributed by atoms with Gasteiger partial charge in [-0.3, -0.25) is 14.6 Å². The SMILES string of the molecule is CN(C(=O)c1ccc(-c2ccc(NC(=O)c3nc(-c4ccccc4)oc3C(F)(F)F)cn2)c(Cl)c1)S(C)(=O)=O. The number of carbonyl (C=O) groups is 2. The zero-order valence-corrected chi connectivity index (χ0v) is 21.7. The summed E-state index contributed by atoms with van der Waals surface area (Å²) in [5.41, 5.74) is 0.129. The molecule has 9 nitrogen and oxygen atoms in total. The Morgan fingerprint density at radius 2 is 1.74 bits per heavy atom. The molecule has 4 aromatic rings. The molecule has 0 aliphatic carbocycles. The Hall–Kier alpha value is -4.23. The molecule has 0 atom stereocenters. The van der Waals surface area contributed by atoms with Crippen LogP contribution in [-0.2, 0) is 16.2 Å². The summed E-state index contributed by atoms with van der Waals surface area (Å²) in [5, 5.41) is 2.41. The summed E-state index contributed by atoms with van der Waals surface area (Å²) >= 11 is 6.29. The topological polar surface area (TPSA) is 122 Å². The number of aromatic nitrogens is 2. The van der Waals surface area contributed by atoms with Gasteiger partial charge in [0, 0.05) is 23.7 Å². The van der Waals surface area contributed by atoms with E-state index in [1.54, 1.807) is 18.2 Å². The fourth-order valence-corrected chi connectivity index (χ4v) is 4.06. The van der Waals surface area contributed by atoms with Gasteiger partial charge in [0.25, 0.3) is 11.8 Å². The lowest BCUT2D eigenvalue weighted by molar-refractivity contribution is -0.153. The number of carbonyl (C=O) groups excluding carboxylic acids is 2. The van der Waals surface area contributed by atoms with Gasteiger partial charge < -0.3 is 9.73 Å². The van der Waals surface area contributed by atoms with Crippen molar-refractivity contribution < 1.29 is 35.6 Å². The molecule has 0 saturated carbocycles. The molecule has 2 amide bonds. The van der Waals surface area contributed by atoms with Crippen LogP contribution in [0.4, 0.5) is 18.9 Å². The second-order valence-corrected chi connectivity index (χ2v) is 10.6. The van der Waals surface area contributed by atoms with Crippen LogP contribution in [0.1, 0.15) is 26.6 Å². The lowest BCUT2D eigenvalue weighted by Crippen LogP contribution is -2.32. The molecule has 0 bridgehead atoms. The molecule has 0 aliphatic rings. The summed E-state index contributed by atoms with van der Waals surface area (Å²) in [5.74, 6) is -3.83. The number of sulfonamides is 1. The number of anilines is 1. The molecule has 2 aromatic carbocycles. The molecule has 0 fully saturated rings. The van der Waals surface area contributed by atoms with Gasteiger partial charge in [-0.1, -0.05) is 35.9 Å². The van der Waals surface area contributed by atoms with E-state index in [0.717, 1.165) is 13.3 Å². The van der Waals surface area contributed by atoms with E-state index < -0.39 is 39.5 Å². The van der Waals surface area contributed by atoms with E-state index in [1.165, 1.54) is 48.7 Å². The maximum absolute atomic E-state index is 13.5. The van der Waals surface area contributed by atoms with Crippen LogP contribution in [0.2, 0.25) is 5.02 Å². The van der Waals surface area contributed by atoms with E-state index >= 15 is 0 Å². The van der Waals surface area contributed by atoms with Crippen molar-refractivity contribution in [2.24, 2.45) is 0 Å². The van der Waals surface area contributed by atoms with Crippen molar-refractivity contribution in [1.29, 1.82) is 0 Å². The number of hydrogen-bond acceptors (Lipinski definition) is 7. The number of oxazole rings is 1. The van der Waals surface area contributed by atoms with Gasteiger partial charge in [-0.05, 0) is 36.4 Å². The van der Waals surface area contributed by atoms with E-state index in [1.807, 2.05) is 0 Å². The van der Waals surface area contributed by atoms with Gasteiger partial charge in [-0.15, -0.1) is 0 Å². The molecule has 1 N–H and O–H groups in total. The van der Waals surface area contributed by atoms with Crippen molar-refractivity contribution in [3.8, 4) is 22.7 Å². The molecule has 39 heavy (non-hydrogen) atoms. The summed E-state index contributed by atoms with van der Waals surface area (Å²) in [4.78, 5) is 33.0. The lowest BCUT2D eigenvalue weighted by Gasteiger charge is -2.15. The normalized spacial score (nSPS) is 11.7. The Bertz CT molecular complexity index is 1660. The van der Waals surface area contributed by atoms with Crippen molar-refractivity contribution in [3.63, 3.8) is 0 Å². The first-order chi connectivity index (χ1) is 18.3. The summed E-state index contributed by atoms with van der Waals surface area (Å²) in [6.07, 6.45) is -2.87. The van der Waals surface area contributed by atoms with E-state index in [0.29, 0.717) is 15.6 Å². The first-order valence-electron chi connectivity index (χ1n) is 10.9. The number of nitrogens with zero attached hydrogens (tertiary/aromatic N) is 3. The highest BCUT2D eigenvalue weighted by Crippen LogP contribution is 2.36. The number of alkyl halides is 3. The lowest BCUT2D eigenvalue weighted by atomic mass is 10.1. The number of pyridine rings is 1. The quantitative estimate of drug-likeness (QED) is 0.327. The van der Waals surface area contributed by atoms with Gasteiger partial charge >= 0.3 is 6.18 Å². The highest BCUT2D eigenvalue weighted by atomic mass is 35.5. The third-order valence-corrected chi connectivity index (χ3v) is 6.89. The zero-order chi connectivity index (χ0) is 28.5. The second-order valence-electron chi connectivity index (χ2n) is 8.18. The standard InChI is InChI=1S/C25H18ClF3N4O5S/c1-33(39(2,36)37)24(35)15-8-10-17(18(26)12-15)19-11-9-16(13-30-19)31-22(34)20-21(25(27,28)29)38-23(32-20)14-6-4-3-5-7-14/h3-13H,1-2H3,(H,31,34). The molecule has 0 spiro atoms. The molecule has 0 radical (unpaired) electrons. The van der Waals surface area contributed by atoms with Gasteiger partial charge in [0.1, 0.15) is 0 Å². The summed E-state index contributed by atoms with van der Waals surface area (Å²) < 4.78 is 69.3. The van der Waals surface area contributed by atoms with Crippen molar-refractivity contribution in [1.82, 2.24) is 14.3 Å². The first kappa shape index (κ1) is 27.8. The highest BCUT2D eigenvalue weighted by Gasteiger charge is 2.42. The van der Waals surface area contributed by atoms with Crippen LogP contribution in [0.5, 0.6) is 0 Å². The van der Waals surface area contributed by atoms with Crippen LogP contribution in [0.3, 0.4) is 0 Å². The first-order valence-corrected chi connectivity index (χ1v) is 13.2. The number of rotatable bonds is 6. The van der Waals surface area contributed by atoms with Crippen LogP contribution >= 0.6 is 11.6 Å². The number of halogens is 4.